The average molecular weight is 436 g/mol. The van der Waals surface area contributed by atoms with E-state index in [2.05, 4.69) is 10.3 Å². The van der Waals surface area contributed by atoms with Crippen LogP contribution in [0.4, 0.5) is 5.69 Å². The van der Waals surface area contributed by atoms with Gasteiger partial charge in [0.15, 0.2) is 11.6 Å². The maximum atomic E-state index is 12.3. The van der Waals surface area contributed by atoms with Crippen LogP contribution in [0.15, 0.2) is 64.8 Å². The molecule has 0 unspecified atom stereocenters. The number of nitrogens with one attached hydrogen (secondary N) is 1. The third-order valence-corrected chi connectivity index (χ3v) is 5.47. The van der Waals surface area contributed by atoms with Crippen LogP contribution < -0.4 is 20.3 Å². The fourth-order valence-electron chi connectivity index (χ4n) is 2.98. The summed E-state index contributed by atoms with van der Waals surface area (Å²) in [5, 5.41) is 4.68. The standard InChI is InChI=1S/C23H21N3O4S/c1-15-6-8-19(9-7-15)30-13-21(27)24-17-4-3-5-20(10-17)29-12-18-11-22(28)26-16(2)14-31-23(26)25-18/h3-11,14H,12-13H2,1-2H3,(H,24,27). The van der Waals surface area contributed by atoms with Crippen LogP contribution in [-0.2, 0) is 11.4 Å². The first-order chi connectivity index (χ1) is 15.0. The number of amides is 1. The van der Waals surface area contributed by atoms with E-state index in [9.17, 15) is 9.59 Å². The zero-order chi connectivity index (χ0) is 21.8. The van der Waals surface area contributed by atoms with Crippen LogP contribution >= 0.6 is 11.3 Å². The van der Waals surface area contributed by atoms with Crippen molar-refractivity contribution in [3.63, 3.8) is 0 Å². The lowest BCUT2D eigenvalue weighted by molar-refractivity contribution is -0.118. The van der Waals surface area contributed by atoms with E-state index in [1.165, 1.54) is 17.4 Å². The van der Waals surface area contributed by atoms with Crippen LogP contribution in [-0.4, -0.2) is 21.9 Å². The van der Waals surface area contributed by atoms with Gasteiger partial charge in [0.1, 0.15) is 18.1 Å². The third kappa shape index (κ3) is 5.10. The van der Waals surface area contributed by atoms with Gasteiger partial charge in [-0.25, -0.2) is 4.98 Å². The lowest BCUT2D eigenvalue weighted by atomic mass is 10.2. The highest BCUT2D eigenvalue weighted by atomic mass is 32.1. The Morgan fingerprint density at radius 1 is 1.06 bits per heavy atom. The van der Waals surface area contributed by atoms with E-state index in [4.69, 9.17) is 9.47 Å². The quantitative estimate of drug-likeness (QED) is 0.475. The molecule has 158 valence electrons. The van der Waals surface area contributed by atoms with Crippen molar-refractivity contribution in [1.29, 1.82) is 0 Å². The summed E-state index contributed by atoms with van der Waals surface area (Å²) in [6, 6.07) is 16.0. The molecule has 2 aromatic carbocycles. The van der Waals surface area contributed by atoms with Crippen molar-refractivity contribution < 1.29 is 14.3 Å². The first-order valence-corrected chi connectivity index (χ1v) is 10.5. The SMILES string of the molecule is Cc1ccc(OCC(=O)Nc2cccc(OCc3cc(=O)n4c(C)csc4n3)c2)cc1. The van der Waals surface area contributed by atoms with Gasteiger partial charge in [0.2, 0.25) is 0 Å². The number of benzene rings is 2. The molecule has 31 heavy (non-hydrogen) atoms. The number of carbonyl (C=O) groups excluding carboxylic acids is 1. The summed E-state index contributed by atoms with van der Waals surface area (Å²) in [6.07, 6.45) is 0. The van der Waals surface area contributed by atoms with Crippen LogP contribution in [0.3, 0.4) is 0 Å². The number of carbonyl (C=O) groups is 1. The number of hydrogen-bond donors (Lipinski definition) is 1. The lowest BCUT2D eigenvalue weighted by Crippen LogP contribution is -2.20. The minimum absolute atomic E-state index is 0.0950. The van der Waals surface area contributed by atoms with Crippen molar-refractivity contribution in [3.05, 3.63) is 87.3 Å². The lowest BCUT2D eigenvalue weighted by Gasteiger charge is -2.10. The molecule has 4 aromatic rings. The molecule has 0 aliphatic rings. The first kappa shape index (κ1) is 20.6. The topological polar surface area (TPSA) is 81.9 Å². The summed E-state index contributed by atoms with van der Waals surface area (Å²) in [5.41, 5.74) is 3.00. The number of hydrogen-bond acceptors (Lipinski definition) is 6. The molecule has 1 amide bonds. The van der Waals surface area contributed by atoms with Crippen LogP contribution in [0.25, 0.3) is 4.96 Å². The number of aryl methyl sites for hydroxylation is 2. The number of aromatic nitrogens is 2. The Hall–Kier alpha value is -3.65. The summed E-state index contributed by atoms with van der Waals surface area (Å²) >= 11 is 1.41. The van der Waals surface area contributed by atoms with Crippen molar-refractivity contribution in [2.45, 2.75) is 20.5 Å². The van der Waals surface area contributed by atoms with Crippen LogP contribution in [0, 0.1) is 13.8 Å². The third-order valence-electron chi connectivity index (χ3n) is 4.52. The maximum absolute atomic E-state index is 12.3. The van der Waals surface area contributed by atoms with Gasteiger partial charge in [-0.15, -0.1) is 11.3 Å². The number of thiazole rings is 1. The fraction of sp³-hybridized carbons (Fsp3) is 0.174. The van der Waals surface area contributed by atoms with Gasteiger partial charge in [-0.3, -0.25) is 14.0 Å². The normalized spacial score (nSPS) is 10.8. The highest BCUT2D eigenvalue weighted by molar-refractivity contribution is 7.15. The molecule has 7 nitrogen and oxygen atoms in total. The van der Waals surface area contributed by atoms with Crippen molar-refractivity contribution in [3.8, 4) is 11.5 Å². The molecular weight excluding hydrogens is 414 g/mol. The van der Waals surface area contributed by atoms with Gasteiger partial charge in [-0.05, 0) is 38.1 Å². The zero-order valence-corrected chi connectivity index (χ0v) is 17.9. The molecular formula is C23H21N3O4S. The second-order valence-corrected chi connectivity index (χ2v) is 7.88. The Balaban J connectivity index is 1.35. The number of ether oxygens (including phenoxy) is 2. The highest BCUT2D eigenvalue weighted by Gasteiger charge is 2.08. The van der Waals surface area contributed by atoms with E-state index in [0.717, 1.165) is 11.3 Å². The molecule has 8 heteroatoms. The smallest absolute Gasteiger partial charge is 0.262 e. The number of anilines is 1. The van der Waals surface area contributed by atoms with E-state index in [1.807, 2.05) is 43.5 Å². The summed E-state index contributed by atoms with van der Waals surface area (Å²) in [4.78, 5) is 29.6. The molecule has 0 aliphatic carbocycles. The largest absolute Gasteiger partial charge is 0.487 e. The first-order valence-electron chi connectivity index (χ1n) is 9.67. The Labute approximate surface area is 182 Å². The van der Waals surface area contributed by atoms with Crippen LogP contribution in [0.1, 0.15) is 17.0 Å². The van der Waals surface area contributed by atoms with Crippen LogP contribution in [0.5, 0.6) is 11.5 Å². The van der Waals surface area contributed by atoms with Gasteiger partial charge in [-0.2, -0.15) is 0 Å². The Bertz CT molecular complexity index is 1280. The van der Waals surface area contributed by atoms with Crippen molar-refractivity contribution >= 4 is 27.9 Å². The Kier molecular flexibility index (Phi) is 5.99. The average Bonchev–Trinajstić information content (AvgIpc) is 3.13. The summed E-state index contributed by atoms with van der Waals surface area (Å²) < 4.78 is 12.8. The number of fused-ring (bicyclic) bond motifs is 1. The second kappa shape index (κ2) is 9.01. The predicted octanol–water partition coefficient (Wildman–Crippen LogP) is 3.97. The Morgan fingerprint density at radius 3 is 2.68 bits per heavy atom. The number of rotatable bonds is 7. The van der Waals surface area contributed by atoms with E-state index < -0.39 is 0 Å². The Morgan fingerprint density at radius 2 is 1.87 bits per heavy atom. The maximum Gasteiger partial charge on any atom is 0.262 e. The molecule has 0 aliphatic heterocycles. The molecule has 0 fully saturated rings. The van der Waals surface area contributed by atoms with E-state index in [-0.39, 0.29) is 24.7 Å². The van der Waals surface area contributed by atoms with E-state index in [0.29, 0.717) is 27.8 Å². The summed E-state index contributed by atoms with van der Waals surface area (Å²) in [6.45, 7) is 3.91. The van der Waals surface area contributed by atoms with Gasteiger partial charge in [0.25, 0.3) is 11.5 Å². The molecule has 0 bridgehead atoms. The van der Waals surface area contributed by atoms with Crippen molar-refractivity contribution in [2.75, 3.05) is 11.9 Å². The molecule has 0 radical (unpaired) electrons. The van der Waals surface area contributed by atoms with Gasteiger partial charge < -0.3 is 14.8 Å². The summed E-state index contributed by atoms with van der Waals surface area (Å²) in [5.74, 6) is 0.923. The molecule has 0 atom stereocenters. The predicted molar refractivity (Wildman–Crippen MR) is 120 cm³/mol. The highest BCUT2D eigenvalue weighted by Crippen LogP contribution is 2.19. The molecule has 4 rings (SSSR count). The van der Waals surface area contributed by atoms with E-state index >= 15 is 0 Å². The monoisotopic (exact) mass is 435 g/mol. The zero-order valence-electron chi connectivity index (χ0n) is 17.1. The molecule has 0 spiro atoms. The minimum atomic E-state index is -0.272. The van der Waals surface area contributed by atoms with E-state index in [1.54, 1.807) is 28.7 Å². The second-order valence-electron chi connectivity index (χ2n) is 7.05. The van der Waals surface area contributed by atoms with Crippen LogP contribution in [0.2, 0.25) is 0 Å². The molecule has 1 N–H and O–H groups in total. The van der Waals surface area contributed by atoms with Gasteiger partial charge in [0, 0.05) is 28.9 Å². The fourth-order valence-corrected chi connectivity index (χ4v) is 3.87. The number of nitrogens with zero attached hydrogens (tertiary/aromatic N) is 2. The molecule has 0 saturated heterocycles. The minimum Gasteiger partial charge on any atom is -0.487 e. The van der Waals surface area contributed by atoms with Gasteiger partial charge >= 0.3 is 0 Å². The molecule has 0 saturated carbocycles. The van der Waals surface area contributed by atoms with Crippen molar-refractivity contribution in [1.82, 2.24) is 9.38 Å². The van der Waals surface area contributed by atoms with Gasteiger partial charge in [-0.1, -0.05) is 23.8 Å². The summed E-state index contributed by atoms with van der Waals surface area (Å²) in [7, 11) is 0. The van der Waals surface area contributed by atoms with Gasteiger partial charge in [0.05, 0.1) is 5.69 Å². The molecule has 2 heterocycles. The van der Waals surface area contributed by atoms with Crippen molar-refractivity contribution in [2.24, 2.45) is 0 Å². The molecule has 2 aromatic heterocycles.